The van der Waals surface area contributed by atoms with Crippen molar-refractivity contribution in [2.75, 3.05) is 5.75 Å². The van der Waals surface area contributed by atoms with Gasteiger partial charge in [0, 0.05) is 15.2 Å². The normalized spacial score (nSPS) is 10.8. The number of rotatable bonds is 6. The predicted molar refractivity (Wildman–Crippen MR) is 97.5 cm³/mol. The van der Waals surface area contributed by atoms with Crippen LogP contribution in [0.15, 0.2) is 58.1 Å². The van der Waals surface area contributed by atoms with Gasteiger partial charge in [-0.3, -0.25) is 4.79 Å². The fourth-order valence-electron chi connectivity index (χ4n) is 1.63. The maximum atomic E-state index is 11.7. The largest absolute Gasteiger partial charge is 0.272 e. The molecule has 2 rings (SSSR count). The number of amides is 1. The van der Waals surface area contributed by atoms with E-state index in [0.717, 1.165) is 15.8 Å². The second kappa shape index (κ2) is 8.98. The first-order chi connectivity index (χ1) is 10.6. The molecular weight excluding hydrogens is 384 g/mol. The molecular formula is C16H14BrClN2OS. The van der Waals surface area contributed by atoms with E-state index in [1.54, 1.807) is 30.1 Å². The van der Waals surface area contributed by atoms with Crippen LogP contribution in [0.2, 0.25) is 5.02 Å². The van der Waals surface area contributed by atoms with Crippen LogP contribution in [0.5, 0.6) is 0 Å². The second-order valence-electron chi connectivity index (χ2n) is 4.43. The van der Waals surface area contributed by atoms with Gasteiger partial charge in [0.15, 0.2) is 0 Å². The van der Waals surface area contributed by atoms with Gasteiger partial charge in [0.2, 0.25) is 5.91 Å². The van der Waals surface area contributed by atoms with E-state index >= 15 is 0 Å². The Bertz CT molecular complexity index is 661. The number of nitrogens with zero attached hydrogens (tertiary/aromatic N) is 1. The number of benzene rings is 2. The van der Waals surface area contributed by atoms with Crippen molar-refractivity contribution in [3.63, 3.8) is 0 Å². The summed E-state index contributed by atoms with van der Waals surface area (Å²) in [6.45, 7) is 0. The quantitative estimate of drug-likeness (QED) is 0.576. The predicted octanol–water partition coefficient (Wildman–Crippen LogP) is 4.49. The van der Waals surface area contributed by atoms with E-state index in [0.29, 0.717) is 10.8 Å². The summed E-state index contributed by atoms with van der Waals surface area (Å²) in [5.41, 5.74) is 4.56. The summed E-state index contributed by atoms with van der Waals surface area (Å²) in [6.07, 6.45) is 1.59. The molecule has 6 heteroatoms. The molecule has 0 saturated heterocycles. The summed E-state index contributed by atoms with van der Waals surface area (Å²) >= 11 is 10.8. The third-order valence-electron chi connectivity index (χ3n) is 2.72. The van der Waals surface area contributed by atoms with Crippen LogP contribution >= 0.6 is 39.3 Å². The Kier molecular flexibility index (Phi) is 6.96. The van der Waals surface area contributed by atoms with Crippen LogP contribution in [0, 0.1) is 0 Å². The third kappa shape index (κ3) is 5.83. The van der Waals surface area contributed by atoms with Crippen molar-refractivity contribution in [2.24, 2.45) is 5.10 Å². The van der Waals surface area contributed by atoms with Crippen molar-refractivity contribution in [3.05, 3.63) is 69.2 Å². The maximum Gasteiger partial charge on any atom is 0.250 e. The topological polar surface area (TPSA) is 41.5 Å². The van der Waals surface area contributed by atoms with Crippen LogP contribution in [0.3, 0.4) is 0 Å². The van der Waals surface area contributed by atoms with Crippen LogP contribution in [-0.4, -0.2) is 17.9 Å². The van der Waals surface area contributed by atoms with Gasteiger partial charge >= 0.3 is 0 Å². The van der Waals surface area contributed by atoms with Gasteiger partial charge in [0.1, 0.15) is 0 Å². The molecule has 0 radical (unpaired) electrons. The first-order valence-corrected chi connectivity index (χ1v) is 8.86. The van der Waals surface area contributed by atoms with Gasteiger partial charge in [-0.1, -0.05) is 57.9 Å². The molecule has 0 aliphatic rings. The van der Waals surface area contributed by atoms with Crippen LogP contribution < -0.4 is 5.43 Å². The zero-order valence-corrected chi connectivity index (χ0v) is 14.8. The lowest BCUT2D eigenvalue weighted by Crippen LogP contribution is -2.19. The fraction of sp³-hybridized carbons (Fsp3) is 0.125. The zero-order valence-electron chi connectivity index (χ0n) is 11.6. The highest BCUT2D eigenvalue weighted by molar-refractivity contribution is 9.10. The van der Waals surface area contributed by atoms with Gasteiger partial charge in [-0.15, -0.1) is 11.8 Å². The molecule has 0 heterocycles. The maximum absolute atomic E-state index is 11.7. The molecule has 0 atom stereocenters. The summed E-state index contributed by atoms with van der Waals surface area (Å²) in [4.78, 5) is 11.7. The second-order valence-corrected chi connectivity index (χ2v) is 6.71. The van der Waals surface area contributed by atoms with Crippen molar-refractivity contribution in [2.45, 2.75) is 5.75 Å². The van der Waals surface area contributed by atoms with E-state index in [9.17, 15) is 4.79 Å². The van der Waals surface area contributed by atoms with Crippen molar-refractivity contribution in [1.29, 1.82) is 0 Å². The Morgan fingerprint density at radius 2 is 1.95 bits per heavy atom. The monoisotopic (exact) mass is 396 g/mol. The molecule has 114 valence electrons. The molecule has 3 nitrogen and oxygen atoms in total. The fourth-order valence-corrected chi connectivity index (χ4v) is 3.19. The minimum Gasteiger partial charge on any atom is -0.272 e. The number of hydrazone groups is 1. The number of hydrogen-bond acceptors (Lipinski definition) is 3. The van der Waals surface area contributed by atoms with Gasteiger partial charge in [-0.05, 0) is 29.3 Å². The zero-order chi connectivity index (χ0) is 15.8. The molecule has 0 bridgehead atoms. The van der Waals surface area contributed by atoms with Crippen molar-refractivity contribution in [3.8, 4) is 0 Å². The molecule has 0 saturated carbocycles. The van der Waals surface area contributed by atoms with Gasteiger partial charge in [0.25, 0.3) is 0 Å². The molecule has 0 unspecified atom stereocenters. The smallest absolute Gasteiger partial charge is 0.250 e. The first kappa shape index (κ1) is 17.1. The number of carbonyl (C=O) groups excluding carboxylic acids is 1. The van der Waals surface area contributed by atoms with Crippen molar-refractivity contribution < 1.29 is 4.79 Å². The average Bonchev–Trinajstić information content (AvgIpc) is 2.51. The number of thioether (sulfide) groups is 1. The lowest BCUT2D eigenvalue weighted by Gasteiger charge is -2.03. The van der Waals surface area contributed by atoms with Crippen LogP contribution in [-0.2, 0) is 10.5 Å². The number of halogens is 2. The molecule has 22 heavy (non-hydrogen) atoms. The summed E-state index contributed by atoms with van der Waals surface area (Å²) in [7, 11) is 0. The average molecular weight is 398 g/mol. The van der Waals surface area contributed by atoms with E-state index in [4.69, 9.17) is 11.6 Å². The van der Waals surface area contributed by atoms with Crippen LogP contribution in [0.25, 0.3) is 0 Å². The number of carbonyl (C=O) groups is 1. The molecule has 0 aromatic heterocycles. The lowest BCUT2D eigenvalue weighted by atomic mass is 10.2. The van der Waals surface area contributed by atoms with E-state index in [-0.39, 0.29) is 5.91 Å². The van der Waals surface area contributed by atoms with E-state index < -0.39 is 0 Å². The lowest BCUT2D eigenvalue weighted by molar-refractivity contribution is -0.118. The van der Waals surface area contributed by atoms with E-state index in [1.165, 1.54) is 5.56 Å². The van der Waals surface area contributed by atoms with Crippen molar-refractivity contribution in [1.82, 2.24) is 5.43 Å². The Labute approximate surface area is 147 Å². The summed E-state index contributed by atoms with van der Waals surface area (Å²) < 4.78 is 1.06. The van der Waals surface area contributed by atoms with Crippen LogP contribution in [0.4, 0.5) is 0 Å². The minimum absolute atomic E-state index is 0.123. The summed E-state index contributed by atoms with van der Waals surface area (Å²) in [5, 5.41) is 4.60. The minimum atomic E-state index is -0.123. The van der Waals surface area contributed by atoms with Gasteiger partial charge in [-0.2, -0.15) is 5.10 Å². The molecule has 0 fully saturated rings. The molecule has 0 aliphatic carbocycles. The Morgan fingerprint density at radius 1 is 1.23 bits per heavy atom. The van der Waals surface area contributed by atoms with Gasteiger partial charge < -0.3 is 0 Å². The SMILES string of the molecule is O=C(CSCc1ccccc1Br)NN=Cc1ccc(Cl)cc1. The van der Waals surface area contributed by atoms with Gasteiger partial charge in [0.05, 0.1) is 12.0 Å². The van der Waals surface area contributed by atoms with E-state index in [1.807, 2.05) is 36.4 Å². The van der Waals surface area contributed by atoms with Crippen LogP contribution in [0.1, 0.15) is 11.1 Å². The molecule has 0 spiro atoms. The van der Waals surface area contributed by atoms with Gasteiger partial charge in [-0.25, -0.2) is 5.43 Å². The number of nitrogens with one attached hydrogen (secondary N) is 1. The highest BCUT2D eigenvalue weighted by Crippen LogP contribution is 2.21. The Hall–Kier alpha value is -1.30. The molecule has 0 aliphatic heterocycles. The van der Waals surface area contributed by atoms with E-state index in [2.05, 4.69) is 26.5 Å². The van der Waals surface area contributed by atoms with Crippen molar-refractivity contribution >= 4 is 51.4 Å². The highest BCUT2D eigenvalue weighted by Gasteiger charge is 2.02. The highest BCUT2D eigenvalue weighted by atomic mass is 79.9. The number of hydrogen-bond donors (Lipinski definition) is 1. The standard InChI is InChI=1S/C16H14BrClN2OS/c17-15-4-2-1-3-13(15)10-22-11-16(21)20-19-9-12-5-7-14(18)8-6-12/h1-9H,10-11H2,(H,20,21). The molecule has 2 aromatic rings. The Morgan fingerprint density at radius 3 is 2.68 bits per heavy atom. The third-order valence-corrected chi connectivity index (χ3v) is 4.73. The molecule has 2 aromatic carbocycles. The molecule has 1 amide bonds. The first-order valence-electron chi connectivity index (χ1n) is 6.54. The molecule has 1 N–H and O–H groups in total. The summed E-state index contributed by atoms with van der Waals surface area (Å²) in [5.74, 6) is 1.01. The Balaban J connectivity index is 1.72. The summed E-state index contributed by atoms with van der Waals surface area (Å²) in [6, 6.07) is 15.2.